The van der Waals surface area contributed by atoms with Crippen molar-refractivity contribution in [1.82, 2.24) is 25.3 Å². The second kappa shape index (κ2) is 6.56. The maximum Gasteiger partial charge on any atom is 0.141 e. The summed E-state index contributed by atoms with van der Waals surface area (Å²) in [5, 5.41) is 11.5. The first-order valence-electron chi connectivity index (χ1n) is 6.87. The van der Waals surface area contributed by atoms with Gasteiger partial charge in [-0.1, -0.05) is 12.1 Å². The highest BCUT2D eigenvalue weighted by Gasteiger charge is 2.21. The second-order valence-electron chi connectivity index (χ2n) is 5.04. The van der Waals surface area contributed by atoms with E-state index in [1.165, 1.54) is 12.3 Å². The molecule has 0 aromatic carbocycles. The quantitative estimate of drug-likeness (QED) is 0.880. The Morgan fingerprint density at radius 1 is 1.30 bits per heavy atom. The van der Waals surface area contributed by atoms with Gasteiger partial charge in [0.25, 0.3) is 0 Å². The Kier molecular flexibility index (Phi) is 4.79. The Bertz CT molecular complexity index is 535. The zero-order chi connectivity index (χ0) is 14.5. The molecule has 0 radical (unpaired) electrons. The van der Waals surface area contributed by atoms with Crippen LogP contribution in [0.2, 0.25) is 0 Å². The second-order valence-corrected chi connectivity index (χ2v) is 5.04. The molecular formula is C14H20FN5. The highest BCUT2D eigenvalue weighted by molar-refractivity contribution is 5.20. The highest BCUT2D eigenvalue weighted by atomic mass is 19.1. The van der Waals surface area contributed by atoms with Crippen LogP contribution in [-0.2, 0) is 6.54 Å². The normalized spacial score (nSPS) is 12.8. The van der Waals surface area contributed by atoms with Crippen molar-refractivity contribution in [2.45, 2.75) is 45.8 Å². The molecule has 0 aliphatic rings. The summed E-state index contributed by atoms with van der Waals surface area (Å²) in [6.45, 7) is 7.01. The number of nitrogens with one attached hydrogen (secondary N) is 1. The standard InChI is InChI=1S/C14H20FN5/c1-4-7-20-13(9-17-19-20)14(18-10(2)3)12-6-5-11(15)8-16-12/h5-6,8-10,14,18H,4,7H2,1-3H3. The van der Waals surface area contributed by atoms with Crippen molar-refractivity contribution >= 4 is 0 Å². The summed E-state index contributed by atoms with van der Waals surface area (Å²) < 4.78 is 14.9. The predicted molar refractivity (Wildman–Crippen MR) is 74.6 cm³/mol. The van der Waals surface area contributed by atoms with Crippen LogP contribution in [0.4, 0.5) is 4.39 Å². The summed E-state index contributed by atoms with van der Waals surface area (Å²) in [5.74, 6) is -0.336. The maximum atomic E-state index is 13.0. The fourth-order valence-electron chi connectivity index (χ4n) is 2.09. The molecule has 0 aliphatic carbocycles. The SMILES string of the molecule is CCCn1nncc1C(NC(C)C)c1ccc(F)cn1. The molecule has 2 rings (SSSR count). The number of rotatable bonds is 6. The average Bonchev–Trinajstić information content (AvgIpc) is 2.85. The molecule has 0 amide bonds. The van der Waals surface area contributed by atoms with E-state index in [-0.39, 0.29) is 17.9 Å². The van der Waals surface area contributed by atoms with Crippen molar-refractivity contribution in [3.63, 3.8) is 0 Å². The van der Waals surface area contributed by atoms with Gasteiger partial charge in [-0.25, -0.2) is 9.07 Å². The van der Waals surface area contributed by atoms with Crippen LogP contribution in [0.25, 0.3) is 0 Å². The molecule has 5 nitrogen and oxygen atoms in total. The van der Waals surface area contributed by atoms with Crippen molar-refractivity contribution in [2.75, 3.05) is 0 Å². The van der Waals surface area contributed by atoms with Crippen LogP contribution in [0.3, 0.4) is 0 Å². The van der Waals surface area contributed by atoms with Gasteiger partial charge in [-0.2, -0.15) is 0 Å². The molecule has 0 aliphatic heterocycles. The van der Waals surface area contributed by atoms with Gasteiger partial charge in [0.1, 0.15) is 5.82 Å². The maximum absolute atomic E-state index is 13.0. The van der Waals surface area contributed by atoms with Gasteiger partial charge in [-0.05, 0) is 32.4 Å². The van der Waals surface area contributed by atoms with E-state index >= 15 is 0 Å². The molecule has 1 N–H and O–H groups in total. The number of hydrogen-bond acceptors (Lipinski definition) is 4. The van der Waals surface area contributed by atoms with Crippen molar-refractivity contribution in [3.8, 4) is 0 Å². The van der Waals surface area contributed by atoms with Crippen LogP contribution in [0.1, 0.15) is 44.6 Å². The van der Waals surface area contributed by atoms with E-state index in [2.05, 4.69) is 41.4 Å². The Balaban J connectivity index is 2.36. The summed E-state index contributed by atoms with van der Waals surface area (Å²) in [5.41, 5.74) is 1.71. The van der Waals surface area contributed by atoms with Crippen LogP contribution in [0.15, 0.2) is 24.5 Å². The Labute approximate surface area is 118 Å². The van der Waals surface area contributed by atoms with E-state index in [1.807, 2.05) is 4.68 Å². The summed E-state index contributed by atoms with van der Waals surface area (Å²) in [6, 6.07) is 3.23. The number of halogens is 1. The molecule has 2 heterocycles. The third-order valence-corrected chi connectivity index (χ3v) is 2.92. The summed E-state index contributed by atoms with van der Waals surface area (Å²) in [4.78, 5) is 4.18. The van der Waals surface area contributed by atoms with Gasteiger partial charge in [0.15, 0.2) is 0 Å². The number of pyridine rings is 1. The highest BCUT2D eigenvalue weighted by Crippen LogP contribution is 2.20. The third-order valence-electron chi connectivity index (χ3n) is 2.92. The molecule has 0 bridgehead atoms. The molecule has 0 spiro atoms. The molecule has 20 heavy (non-hydrogen) atoms. The number of aryl methyl sites for hydroxylation is 1. The monoisotopic (exact) mass is 277 g/mol. The van der Waals surface area contributed by atoms with Crippen LogP contribution < -0.4 is 5.32 Å². The molecule has 6 heteroatoms. The topological polar surface area (TPSA) is 55.6 Å². The minimum Gasteiger partial charge on any atom is -0.301 e. The van der Waals surface area contributed by atoms with Crippen molar-refractivity contribution in [1.29, 1.82) is 0 Å². The number of aromatic nitrogens is 4. The zero-order valence-electron chi connectivity index (χ0n) is 12.0. The summed E-state index contributed by atoms with van der Waals surface area (Å²) >= 11 is 0. The molecule has 1 atom stereocenters. The summed E-state index contributed by atoms with van der Waals surface area (Å²) in [6.07, 6.45) is 3.95. The smallest absolute Gasteiger partial charge is 0.141 e. The Morgan fingerprint density at radius 3 is 2.70 bits per heavy atom. The number of hydrogen-bond donors (Lipinski definition) is 1. The molecule has 1 unspecified atom stereocenters. The Hall–Kier alpha value is -1.82. The minimum absolute atomic E-state index is 0.142. The van der Waals surface area contributed by atoms with Crippen LogP contribution in [0.5, 0.6) is 0 Å². The first-order chi connectivity index (χ1) is 9.61. The van der Waals surface area contributed by atoms with Crippen molar-refractivity contribution in [2.24, 2.45) is 0 Å². The lowest BCUT2D eigenvalue weighted by Crippen LogP contribution is -2.31. The van der Waals surface area contributed by atoms with Crippen molar-refractivity contribution < 1.29 is 4.39 Å². The van der Waals surface area contributed by atoms with Crippen LogP contribution in [-0.4, -0.2) is 26.0 Å². The summed E-state index contributed by atoms with van der Waals surface area (Å²) in [7, 11) is 0. The van der Waals surface area contributed by atoms with E-state index < -0.39 is 0 Å². The van der Waals surface area contributed by atoms with Gasteiger partial charge in [0, 0.05) is 12.6 Å². The molecule has 108 valence electrons. The predicted octanol–water partition coefficient (Wildman–Crippen LogP) is 2.31. The first kappa shape index (κ1) is 14.6. The van der Waals surface area contributed by atoms with Gasteiger partial charge in [0.2, 0.25) is 0 Å². The molecule has 0 saturated carbocycles. The average molecular weight is 277 g/mol. The number of nitrogens with zero attached hydrogens (tertiary/aromatic N) is 4. The van der Waals surface area contributed by atoms with Gasteiger partial charge >= 0.3 is 0 Å². The van der Waals surface area contributed by atoms with Gasteiger partial charge in [-0.3, -0.25) is 4.98 Å². The first-order valence-corrected chi connectivity index (χ1v) is 6.87. The molecule has 0 saturated heterocycles. The lowest BCUT2D eigenvalue weighted by atomic mass is 10.1. The third kappa shape index (κ3) is 3.39. The van der Waals surface area contributed by atoms with Crippen molar-refractivity contribution in [3.05, 3.63) is 41.7 Å². The Morgan fingerprint density at radius 2 is 2.10 bits per heavy atom. The lowest BCUT2D eigenvalue weighted by Gasteiger charge is -2.21. The van der Waals surface area contributed by atoms with Gasteiger partial charge < -0.3 is 5.32 Å². The minimum atomic E-state index is -0.336. The van der Waals surface area contributed by atoms with Gasteiger partial charge in [0.05, 0.1) is 29.8 Å². The van der Waals surface area contributed by atoms with E-state index in [9.17, 15) is 4.39 Å². The fourth-order valence-corrected chi connectivity index (χ4v) is 2.09. The van der Waals surface area contributed by atoms with Gasteiger partial charge in [-0.15, -0.1) is 5.10 Å². The van der Waals surface area contributed by atoms with E-state index in [4.69, 9.17) is 0 Å². The van der Waals surface area contributed by atoms with E-state index in [0.717, 1.165) is 24.4 Å². The molecule has 2 aromatic rings. The fraction of sp³-hybridized carbons (Fsp3) is 0.500. The largest absolute Gasteiger partial charge is 0.301 e. The van der Waals surface area contributed by atoms with Crippen LogP contribution in [0, 0.1) is 5.82 Å². The molecular weight excluding hydrogens is 257 g/mol. The molecule has 2 aromatic heterocycles. The van der Waals surface area contributed by atoms with Crippen LogP contribution >= 0.6 is 0 Å². The van der Waals surface area contributed by atoms with E-state index in [1.54, 1.807) is 12.3 Å². The molecule has 0 fully saturated rings. The lowest BCUT2D eigenvalue weighted by molar-refractivity contribution is 0.467. The van der Waals surface area contributed by atoms with E-state index in [0.29, 0.717) is 0 Å². The zero-order valence-corrected chi connectivity index (χ0v) is 12.0.